The lowest BCUT2D eigenvalue weighted by Gasteiger charge is -2.32. The van der Waals surface area contributed by atoms with Crippen LogP contribution in [0.5, 0.6) is 0 Å². The van der Waals surface area contributed by atoms with Crippen molar-refractivity contribution in [1.82, 2.24) is 19.7 Å². The van der Waals surface area contributed by atoms with Crippen molar-refractivity contribution in [3.05, 3.63) is 23.0 Å². The zero-order chi connectivity index (χ0) is 18.0. The van der Waals surface area contributed by atoms with E-state index in [2.05, 4.69) is 10.1 Å². The predicted octanol–water partition coefficient (Wildman–Crippen LogP) is 2.57. The maximum absolute atomic E-state index is 12.9. The van der Waals surface area contributed by atoms with Crippen molar-refractivity contribution in [3.8, 4) is 10.6 Å². The van der Waals surface area contributed by atoms with E-state index in [0.29, 0.717) is 17.8 Å². The number of carbonyl (C=O) groups excluding carboxylic acids is 1. The Morgan fingerprint density at radius 1 is 1.44 bits per heavy atom. The predicted molar refractivity (Wildman–Crippen MR) is 94.6 cm³/mol. The van der Waals surface area contributed by atoms with Crippen LogP contribution in [0.25, 0.3) is 10.6 Å². The van der Waals surface area contributed by atoms with Gasteiger partial charge in [0.05, 0.1) is 11.9 Å². The highest BCUT2D eigenvalue weighted by Gasteiger charge is 2.27. The van der Waals surface area contributed by atoms with Gasteiger partial charge in [-0.2, -0.15) is 5.10 Å². The molecule has 2 aromatic rings. The average molecular weight is 362 g/mol. The number of hydrogen-bond acceptors (Lipinski definition) is 5. The molecule has 0 aliphatic carbocycles. The topological polar surface area (TPSA) is 88.3 Å². The van der Waals surface area contributed by atoms with E-state index in [-0.39, 0.29) is 18.2 Å². The molecule has 2 aromatic heterocycles. The van der Waals surface area contributed by atoms with Crippen LogP contribution in [0.2, 0.25) is 0 Å². The Balaban J connectivity index is 1.72. The molecule has 1 unspecified atom stereocenters. The largest absolute Gasteiger partial charge is 0.481 e. The summed E-state index contributed by atoms with van der Waals surface area (Å²) in [5, 5.41) is 13.8. The summed E-state index contributed by atoms with van der Waals surface area (Å²) in [5.74, 6) is -0.507. The number of hydrogen-bond donors (Lipinski definition) is 1. The Hall–Kier alpha value is -2.22. The Morgan fingerprint density at radius 2 is 2.24 bits per heavy atom. The van der Waals surface area contributed by atoms with Crippen LogP contribution < -0.4 is 0 Å². The molecule has 1 N–H and O–H groups in total. The highest BCUT2D eigenvalue weighted by molar-refractivity contribution is 7.17. The summed E-state index contributed by atoms with van der Waals surface area (Å²) >= 11 is 1.40. The third-order valence-corrected chi connectivity index (χ3v) is 5.71. The number of aryl methyl sites for hydroxylation is 2. The van der Waals surface area contributed by atoms with Crippen molar-refractivity contribution in [1.29, 1.82) is 0 Å². The molecule has 3 heterocycles. The molecule has 25 heavy (non-hydrogen) atoms. The highest BCUT2D eigenvalue weighted by atomic mass is 32.1. The van der Waals surface area contributed by atoms with Gasteiger partial charge in [-0.05, 0) is 32.1 Å². The van der Waals surface area contributed by atoms with Gasteiger partial charge in [0.25, 0.3) is 5.91 Å². The lowest BCUT2D eigenvalue weighted by Crippen LogP contribution is -2.40. The number of thiazole rings is 1. The first kappa shape index (κ1) is 17.6. The standard InChI is InChI=1S/C17H22N4O3S/c1-11-15(25-16(19-11)13-8-18-20(2)10-13)17(24)21-7-3-4-12(9-21)5-6-14(22)23/h8,10,12H,3-7,9H2,1-2H3,(H,22,23). The second kappa shape index (κ2) is 7.35. The van der Waals surface area contributed by atoms with E-state index in [1.54, 1.807) is 10.9 Å². The Kier molecular flexibility index (Phi) is 5.17. The Bertz CT molecular complexity index is 783. The van der Waals surface area contributed by atoms with Crippen molar-refractivity contribution < 1.29 is 14.7 Å². The fourth-order valence-electron chi connectivity index (χ4n) is 3.21. The van der Waals surface area contributed by atoms with Gasteiger partial charge >= 0.3 is 5.97 Å². The normalized spacial score (nSPS) is 17.7. The maximum atomic E-state index is 12.9. The first-order valence-corrected chi connectivity index (χ1v) is 9.23. The number of carboxylic acid groups (broad SMARTS) is 1. The maximum Gasteiger partial charge on any atom is 0.303 e. The van der Waals surface area contributed by atoms with Gasteiger partial charge in [0.2, 0.25) is 0 Å². The fourth-order valence-corrected chi connectivity index (χ4v) is 4.22. The van der Waals surface area contributed by atoms with Gasteiger partial charge in [0.1, 0.15) is 9.88 Å². The quantitative estimate of drug-likeness (QED) is 0.883. The van der Waals surface area contributed by atoms with Crippen LogP contribution in [0.15, 0.2) is 12.4 Å². The van der Waals surface area contributed by atoms with Gasteiger partial charge in [-0.3, -0.25) is 14.3 Å². The van der Waals surface area contributed by atoms with Crippen LogP contribution in [0.1, 0.15) is 41.0 Å². The molecule has 1 saturated heterocycles. The molecule has 0 radical (unpaired) electrons. The molecule has 1 atom stereocenters. The van der Waals surface area contributed by atoms with Crippen molar-refractivity contribution >= 4 is 23.2 Å². The highest BCUT2D eigenvalue weighted by Crippen LogP contribution is 2.30. The monoisotopic (exact) mass is 362 g/mol. The van der Waals surface area contributed by atoms with Gasteiger partial charge in [0, 0.05) is 38.3 Å². The second-order valence-corrected chi connectivity index (χ2v) is 7.53. The molecule has 134 valence electrons. The van der Waals surface area contributed by atoms with Crippen LogP contribution in [0.3, 0.4) is 0 Å². The fraction of sp³-hybridized carbons (Fsp3) is 0.529. The molecule has 1 fully saturated rings. The number of carboxylic acids is 1. The summed E-state index contributed by atoms with van der Waals surface area (Å²) in [6.45, 7) is 3.21. The summed E-state index contributed by atoms with van der Waals surface area (Å²) in [6, 6.07) is 0. The minimum absolute atomic E-state index is 0.00478. The minimum Gasteiger partial charge on any atom is -0.481 e. The first-order valence-electron chi connectivity index (χ1n) is 8.41. The van der Waals surface area contributed by atoms with Gasteiger partial charge in [0.15, 0.2) is 0 Å². The lowest BCUT2D eigenvalue weighted by molar-refractivity contribution is -0.137. The number of likely N-dealkylation sites (tertiary alicyclic amines) is 1. The van der Waals surface area contributed by atoms with Crippen molar-refractivity contribution in [2.75, 3.05) is 13.1 Å². The smallest absolute Gasteiger partial charge is 0.303 e. The zero-order valence-electron chi connectivity index (χ0n) is 14.4. The molecule has 7 nitrogen and oxygen atoms in total. The summed E-state index contributed by atoms with van der Waals surface area (Å²) in [4.78, 5) is 30.7. The lowest BCUT2D eigenvalue weighted by atomic mass is 9.93. The van der Waals surface area contributed by atoms with Gasteiger partial charge in [-0.25, -0.2) is 4.98 Å². The molecule has 8 heteroatoms. The van der Waals surface area contributed by atoms with Gasteiger partial charge in [-0.15, -0.1) is 11.3 Å². The average Bonchev–Trinajstić information content (AvgIpc) is 3.18. The van der Waals surface area contributed by atoms with Crippen LogP contribution in [-0.4, -0.2) is 49.7 Å². The number of carbonyl (C=O) groups is 2. The van der Waals surface area contributed by atoms with E-state index < -0.39 is 5.97 Å². The van der Waals surface area contributed by atoms with E-state index in [0.717, 1.165) is 35.7 Å². The number of amides is 1. The zero-order valence-corrected chi connectivity index (χ0v) is 15.3. The molecule has 3 rings (SSSR count). The molecule has 1 amide bonds. The first-order chi connectivity index (χ1) is 11.9. The molecule has 0 saturated carbocycles. The van der Waals surface area contributed by atoms with Gasteiger partial charge in [-0.1, -0.05) is 0 Å². The van der Waals surface area contributed by atoms with E-state index in [4.69, 9.17) is 5.11 Å². The van der Waals surface area contributed by atoms with Crippen molar-refractivity contribution in [2.24, 2.45) is 13.0 Å². The molecular formula is C17H22N4O3S. The SMILES string of the molecule is Cc1nc(-c2cnn(C)c2)sc1C(=O)N1CCCC(CCC(=O)O)C1. The van der Waals surface area contributed by atoms with E-state index >= 15 is 0 Å². The molecule has 0 aromatic carbocycles. The van der Waals surface area contributed by atoms with Crippen LogP contribution in [-0.2, 0) is 11.8 Å². The molecule has 0 bridgehead atoms. The van der Waals surface area contributed by atoms with E-state index in [1.165, 1.54) is 11.3 Å². The van der Waals surface area contributed by atoms with Crippen molar-refractivity contribution in [2.45, 2.75) is 32.6 Å². The second-order valence-electron chi connectivity index (χ2n) is 6.53. The summed E-state index contributed by atoms with van der Waals surface area (Å²) in [5.41, 5.74) is 1.65. The van der Waals surface area contributed by atoms with Gasteiger partial charge < -0.3 is 10.0 Å². The minimum atomic E-state index is -0.775. The summed E-state index contributed by atoms with van der Waals surface area (Å²) in [7, 11) is 1.85. The Labute approximate surface area is 150 Å². The number of nitrogens with zero attached hydrogens (tertiary/aromatic N) is 4. The van der Waals surface area contributed by atoms with Crippen molar-refractivity contribution in [3.63, 3.8) is 0 Å². The summed E-state index contributed by atoms with van der Waals surface area (Å²) in [6.07, 6.45) is 6.33. The number of aliphatic carboxylic acids is 1. The third-order valence-electron chi connectivity index (χ3n) is 4.52. The number of piperidine rings is 1. The van der Waals surface area contributed by atoms with Crippen LogP contribution >= 0.6 is 11.3 Å². The molecule has 1 aliphatic rings. The van der Waals surface area contributed by atoms with E-state index in [9.17, 15) is 9.59 Å². The molecule has 0 spiro atoms. The van der Waals surface area contributed by atoms with Crippen LogP contribution in [0.4, 0.5) is 0 Å². The number of aromatic nitrogens is 3. The van der Waals surface area contributed by atoms with Crippen LogP contribution in [0, 0.1) is 12.8 Å². The number of rotatable bonds is 5. The third kappa shape index (κ3) is 4.07. The summed E-state index contributed by atoms with van der Waals surface area (Å²) < 4.78 is 1.71. The Morgan fingerprint density at radius 3 is 2.92 bits per heavy atom. The van der Waals surface area contributed by atoms with E-state index in [1.807, 2.05) is 25.1 Å². The molecule has 1 aliphatic heterocycles. The molecular weight excluding hydrogens is 340 g/mol.